The van der Waals surface area contributed by atoms with Crippen LogP contribution in [0, 0.1) is 0 Å². The lowest BCUT2D eigenvalue weighted by Gasteiger charge is -2.22. The Kier molecular flexibility index (Phi) is 3.51. The summed E-state index contributed by atoms with van der Waals surface area (Å²) in [5, 5.41) is 0. The number of hydroxylamine groups is 1. The van der Waals surface area contributed by atoms with E-state index in [1.807, 2.05) is 18.2 Å². The highest BCUT2D eigenvalue weighted by Gasteiger charge is 2.13. The fraction of sp³-hybridized carbons (Fsp3) is 0.455. The van der Waals surface area contributed by atoms with Crippen LogP contribution < -0.4 is 5.48 Å². The summed E-state index contributed by atoms with van der Waals surface area (Å²) in [7, 11) is 0. The van der Waals surface area contributed by atoms with E-state index in [4.69, 9.17) is 9.57 Å². The first kappa shape index (κ1) is 9.65. The Hall–Kier alpha value is -0.900. The summed E-state index contributed by atoms with van der Waals surface area (Å²) >= 11 is 0. The largest absolute Gasteiger partial charge is 0.371 e. The SMILES string of the molecule is c1ccc(CO[C@H]2CCNOC2)cc1. The molecule has 14 heavy (non-hydrogen) atoms. The maximum absolute atomic E-state index is 5.70. The van der Waals surface area contributed by atoms with Crippen molar-refractivity contribution in [2.75, 3.05) is 13.2 Å². The fourth-order valence-electron chi connectivity index (χ4n) is 1.45. The lowest BCUT2D eigenvalue weighted by molar-refractivity contribution is -0.0921. The van der Waals surface area contributed by atoms with E-state index < -0.39 is 0 Å². The smallest absolute Gasteiger partial charge is 0.0944 e. The normalized spacial score (nSPS) is 22.1. The Morgan fingerprint density at radius 2 is 2.21 bits per heavy atom. The van der Waals surface area contributed by atoms with Gasteiger partial charge in [-0.1, -0.05) is 30.3 Å². The van der Waals surface area contributed by atoms with Crippen molar-refractivity contribution in [1.82, 2.24) is 5.48 Å². The molecule has 0 aromatic heterocycles. The van der Waals surface area contributed by atoms with Gasteiger partial charge in [0, 0.05) is 6.54 Å². The minimum atomic E-state index is 0.233. The van der Waals surface area contributed by atoms with Gasteiger partial charge in [-0.3, -0.25) is 4.84 Å². The third kappa shape index (κ3) is 2.80. The highest BCUT2D eigenvalue weighted by atomic mass is 16.7. The highest BCUT2D eigenvalue weighted by Crippen LogP contribution is 2.07. The van der Waals surface area contributed by atoms with Gasteiger partial charge in [0.05, 0.1) is 19.3 Å². The van der Waals surface area contributed by atoms with Crippen molar-refractivity contribution in [3.63, 3.8) is 0 Å². The van der Waals surface area contributed by atoms with Crippen molar-refractivity contribution in [3.8, 4) is 0 Å². The number of nitrogens with one attached hydrogen (secondary N) is 1. The molecule has 1 aliphatic rings. The minimum absolute atomic E-state index is 0.233. The first-order valence-electron chi connectivity index (χ1n) is 4.95. The number of hydrogen-bond donors (Lipinski definition) is 1. The molecule has 0 saturated carbocycles. The van der Waals surface area contributed by atoms with Crippen LogP contribution in [-0.2, 0) is 16.2 Å². The van der Waals surface area contributed by atoms with Gasteiger partial charge in [-0.25, -0.2) is 5.48 Å². The molecule has 2 rings (SSSR count). The van der Waals surface area contributed by atoms with Crippen molar-refractivity contribution in [2.24, 2.45) is 0 Å². The average molecular weight is 193 g/mol. The summed E-state index contributed by atoms with van der Waals surface area (Å²) in [6.07, 6.45) is 1.25. The third-order valence-corrected chi connectivity index (χ3v) is 2.27. The Morgan fingerprint density at radius 1 is 1.36 bits per heavy atom. The maximum Gasteiger partial charge on any atom is 0.0944 e. The molecule has 1 heterocycles. The van der Waals surface area contributed by atoms with Crippen LogP contribution in [0.4, 0.5) is 0 Å². The van der Waals surface area contributed by atoms with Gasteiger partial charge in [0.1, 0.15) is 0 Å². The molecule has 0 bridgehead atoms. The summed E-state index contributed by atoms with van der Waals surface area (Å²) in [5.74, 6) is 0. The number of rotatable bonds is 3. The number of ether oxygens (including phenoxy) is 1. The molecule has 3 heteroatoms. The Balaban J connectivity index is 1.76. The molecule has 1 saturated heterocycles. The van der Waals surface area contributed by atoms with Crippen molar-refractivity contribution in [3.05, 3.63) is 35.9 Å². The topological polar surface area (TPSA) is 30.5 Å². The first-order chi connectivity index (χ1) is 6.95. The molecule has 0 amide bonds. The van der Waals surface area contributed by atoms with Crippen molar-refractivity contribution < 1.29 is 9.57 Å². The van der Waals surface area contributed by atoms with Gasteiger partial charge < -0.3 is 4.74 Å². The van der Waals surface area contributed by atoms with Crippen LogP contribution in [0.3, 0.4) is 0 Å². The molecular weight excluding hydrogens is 178 g/mol. The molecule has 1 N–H and O–H groups in total. The summed E-state index contributed by atoms with van der Waals surface area (Å²) in [6.45, 7) is 2.20. The Morgan fingerprint density at radius 3 is 2.93 bits per heavy atom. The van der Waals surface area contributed by atoms with Gasteiger partial charge in [-0.2, -0.15) is 0 Å². The van der Waals surface area contributed by atoms with Gasteiger partial charge in [-0.15, -0.1) is 0 Å². The van der Waals surface area contributed by atoms with Crippen molar-refractivity contribution in [2.45, 2.75) is 19.1 Å². The van der Waals surface area contributed by atoms with E-state index in [0.717, 1.165) is 13.0 Å². The maximum atomic E-state index is 5.70. The quantitative estimate of drug-likeness (QED) is 0.789. The van der Waals surface area contributed by atoms with Gasteiger partial charge in [0.25, 0.3) is 0 Å². The standard InChI is InChI=1S/C11H15NO2/c1-2-4-10(5-3-1)8-13-11-6-7-12-14-9-11/h1-5,11-12H,6-9H2/t11-/m0/s1. The predicted molar refractivity (Wildman–Crippen MR) is 53.6 cm³/mol. The summed E-state index contributed by atoms with van der Waals surface area (Å²) in [5.41, 5.74) is 4.05. The van der Waals surface area contributed by atoms with E-state index in [9.17, 15) is 0 Å². The minimum Gasteiger partial charge on any atom is -0.371 e. The highest BCUT2D eigenvalue weighted by molar-refractivity contribution is 5.13. The zero-order valence-electron chi connectivity index (χ0n) is 8.11. The Labute approximate surface area is 84.0 Å². The Bertz CT molecular complexity index is 257. The van der Waals surface area contributed by atoms with E-state index >= 15 is 0 Å². The molecule has 1 aromatic carbocycles. The zero-order valence-corrected chi connectivity index (χ0v) is 8.11. The summed E-state index contributed by atoms with van der Waals surface area (Å²) in [6, 6.07) is 10.2. The van der Waals surface area contributed by atoms with Gasteiger partial charge in [0.15, 0.2) is 0 Å². The zero-order chi connectivity index (χ0) is 9.64. The second kappa shape index (κ2) is 5.10. The van der Waals surface area contributed by atoms with Crippen LogP contribution in [0.25, 0.3) is 0 Å². The monoisotopic (exact) mass is 193 g/mol. The molecule has 1 aromatic rings. The van der Waals surface area contributed by atoms with Gasteiger partial charge in [-0.05, 0) is 12.0 Å². The van der Waals surface area contributed by atoms with Crippen LogP contribution in [0.2, 0.25) is 0 Å². The molecule has 0 spiro atoms. The average Bonchev–Trinajstić information content (AvgIpc) is 2.29. The molecule has 1 atom stereocenters. The van der Waals surface area contributed by atoms with Crippen LogP contribution in [0.1, 0.15) is 12.0 Å². The van der Waals surface area contributed by atoms with Crippen LogP contribution in [-0.4, -0.2) is 19.3 Å². The third-order valence-electron chi connectivity index (χ3n) is 2.27. The second-order valence-corrected chi connectivity index (χ2v) is 3.41. The molecule has 76 valence electrons. The van der Waals surface area contributed by atoms with E-state index in [1.54, 1.807) is 0 Å². The van der Waals surface area contributed by atoms with E-state index in [0.29, 0.717) is 13.2 Å². The molecule has 1 fully saturated rings. The van der Waals surface area contributed by atoms with Crippen molar-refractivity contribution in [1.29, 1.82) is 0 Å². The fourth-order valence-corrected chi connectivity index (χ4v) is 1.45. The molecule has 0 unspecified atom stereocenters. The lowest BCUT2D eigenvalue weighted by Crippen LogP contribution is -2.34. The van der Waals surface area contributed by atoms with Gasteiger partial charge >= 0.3 is 0 Å². The first-order valence-corrected chi connectivity index (χ1v) is 4.95. The number of benzene rings is 1. The van der Waals surface area contributed by atoms with E-state index in [1.165, 1.54) is 5.56 Å². The molecule has 3 nitrogen and oxygen atoms in total. The number of hydrogen-bond acceptors (Lipinski definition) is 3. The van der Waals surface area contributed by atoms with Gasteiger partial charge in [0.2, 0.25) is 0 Å². The lowest BCUT2D eigenvalue weighted by atomic mass is 10.2. The predicted octanol–water partition coefficient (Wildman–Crippen LogP) is 1.50. The molecule has 0 aliphatic carbocycles. The molecule has 1 aliphatic heterocycles. The molecular formula is C11H15NO2. The second-order valence-electron chi connectivity index (χ2n) is 3.41. The summed E-state index contributed by atoms with van der Waals surface area (Å²) < 4.78 is 5.70. The summed E-state index contributed by atoms with van der Waals surface area (Å²) in [4.78, 5) is 5.10. The van der Waals surface area contributed by atoms with E-state index in [-0.39, 0.29) is 6.10 Å². The van der Waals surface area contributed by atoms with Crippen LogP contribution in [0.15, 0.2) is 30.3 Å². The van der Waals surface area contributed by atoms with Crippen LogP contribution in [0.5, 0.6) is 0 Å². The molecule has 0 radical (unpaired) electrons. The van der Waals surface area contributed by atoms with Crippen molar-refractivity contribution >= 4 is 0 Å². The van der Waals surface area contributed by atoms with E-state index in [2.05, 4.69) is 17.6 Å². The van der Waals surface area contributed by atoms with Crippen LogP contribution >= 0.6 is 0 Å².